The Morgan fingerprint density at radius 1 is 1.08 bits per heavy atom. The Morgan fingerprint density at radius 3 is 2.56 bits per heavy atom. The minimum absolute atomic E-state index is 0.314. The van der Waals surface area contributed by atoms with Crippen LogP contribution in [-0.2, 0) is 11.2 Å². The summed E-state index contributed by atoms with van der Waals surface area (Å²) in [5, 5.41) is 8.90. The van der Waals surface area contributed by atoms with Gasteiger partial charge < -0.3 is 4.74 Å². The quantitative estimate of drug-likeness (QED) is 0.326. The highest BCUT2D eigenvalue weighted by Crippen LogP contribution is 2.34. The molecule has 0 unspecified atom stereocenters. The van der Waals surface area contributed by atoms with E-state index < -0.39 is 5.91 Å². The first-order chi connectivity index (χ1) is 12.1. The predicted octanol–water partition coefficient (Wildman–Crippen LogP) is 4.21. The van der Waals surface area contributed by atoms with Crippen molar-refractivity contribution < 1.29 is 19.5 Å². The van der Waals surface area contributed by atoms with Gasteiger partial charge in [0.25, 0.3) is 5.91 Å². The molecule has 0 fully saturated rings. The maximum Gasteiger partial charge on any atom is 0.338 e. The van der Waals surface area contributed by atoms with Crippen LogP contribution >= 0.6 is 0 Å². The maximum absolute atomic E-state index is 12.3. The van der Waals surface area contributed by atoms with Crippen LogP contribution in [0.2, 0.25) is 0 Å². The number of hydrogen-bond donors (Lipinski definition) is 2. The molecular weight excluding hydrogens is 318 g/mol. The molecule has 0 heterocycles. The van der Waals surface area contributed by atoms with E-state index in [1.807, 2.05) is 12.1 Å². The molecule has 0 spiro atoms. The standard InChI is InChI=1S/C20H25NO4/c1-3-5-6-7-9-14-12-18(20(23)25-4-2)16-11-8-10-15(13-17(14)16)19(22)21-24/h8,10-13,24H,3-7,9H2,1-2H3,(H,21,22). The van der Waals surface area contributed by atoms with Gasteiger partial charge >= 0.3 is 5.97 Å². The number of nitrogens with one attached hydrogen (secondary N) is 1. The van der Waals surface area contributed by atoms with Crippen molar-refractivity contribution in [3.63, 3.8) is 0 Å². The molecule has 0 aromatic heterocycles. The molecule has 5 heteroatoms. The number of unbranched alkanes of at least 4 members (excludes halogenated alkanes) is 3. The SMILES string of the molecule is CCCCCCc1cc(C(=O)OCC)c2cccc(C(=O)NO)cc1-2. The Bertz CT molecular complexity index is 711. The summed E-state index contributed by atoms with van der Waals surface area (Å²) in [6.45, 7) is 4.25. The Morgan fingerprint density at radius 2 is 1.88 bits per heavy atom. The summed E-state index contributed by atoms with van der Waals surface area (Å²) in [6.07, 6.45) is 5.32. The minimum atomic E-state index is -0.576. The van der Waals surface area contributed by atoms with Crippen molar-refractivity contribution in [3.8, 4) is 11.1 Å². The summed E-state index contributed by atoms with van der Waals surface area (Å²) < 4.78 is 5.16. The normalized spacial score (nSPS) is 10.7. The summed E-state index contributed by atoms with van der Waals surface area (Å²) in [7, 11) is 0. The number of fused-ring (bicyclic) bond motifs is 1. The van der Waals surface area contributed by atoms with Crippen molar-refractivity contribution in [2.45, 2.75) is 46.0 Å². The molecule has 5 nitrogen and oxygen atoms in total. The second-order valence-corrected chi connectivity index (χ2v) is 6.01. The molecule has 0 saturated heterocycles. The molecule has 0 atom stereocenters. The third-order valence-corrected chi connectivity index (χ3v) is 4.24. The number of hydrogen-bond acceptors (Lipinski definition) is 4. The van der Waals surface area contributed by atoms with Crippen LogP contribution in [0.25, 0.3) is 11.1 Å². The average molecular weight is 343 g/mol. The lowest BCUT2D eigenvalue weighted by molar-refractivity contribution is 0.0527. The van der Waals surface area contributed by atoms with Gasteiger partial charge in [-0.15, -0.1) is 0 Å². The van der Waals surface area contributed by atoms with Crippen molar-refractivity contribution in [3.05, 3.63) is 47.0 Å². The Hall–Kier alpha value is -2.40. The summed E-state index contributed by atoms with van der Waals surface area (Å²) >= 11 is 0. The number of aryl methyl sites for hydroxylation is 1. The van der Waals surface area contributed by atoms with Crippen molar-refractivity contribution in [1.29, 1.82) is 0 Å². The second-order valence-electron chi connectivity index (χ2n) is 6.01. The van der Waals surface area contributed by atoms with E-state index in [1.54, 1.807) is 30.6 Å². The van der Waals surface area contributed by atoms with Crippen molar-refractivity contribution in [2.24, 2.45) is 0 Å². The highest BCUT2D eigenvalue weighted by molar-refractivity contribution is 6.01. The first-order valence-corrected chi connectivity index (χ1v) is 8.79. The van der Waals surface area contributed by atoms with Gasteiger partial charge in [-0.3, -0.25) is 10.0 Å². The fraction of sp³-hybridized carbons (Fsp3) is 0.400. The summed E-state index contributed by atoms with van der Waals surface area (Å²) in [5.74, 6) is -0.931. The van der Waals surface area contributed by atoms with Gasteiger partial charge in [0.2, 0.25) is 0 Å². The van der Waals surface area contributed by atoms with Crippen LogP contribution in [0.5, 0.6) is 0 Å². The van der Waals surface area contributed by atoms with Crippen LogP contribution < -0.4 is 5.48 Å². The van der Waals surface area contributed by atoms with Gasteiger partial charge in [-0.1, -0.05) is 38.3 Å². The maximum atomic E-state index is 12.3. The first-order valence-electron chi connectivity index (χ1n) is 8.79. The zero-order chi connectivity index (χ0) is 18.2. The monoisotopic (exact) mass is 343 g/mol. The molecule has 1 amide bonds. The van der Waals surface area contributed by atoms with Gasteiger partial charge in [-0.05, 0) is 54.7 Å². The Kier molecular flexibility index (Phi) is 6.95. The second kappa shape index (κ2) is 9.18. The number of ether oxygens (including phenoxy) is 1. The molecule has 2 N–H and O–H groups in total. The zero-order valence-electron chi connectivity index (χ0n) is 14.8. The largest absolute Gasteiger partial charge is 0.462 e. The van der Waals surface area contributed by atoms with Crippen molar-refractivity contribution in [2.75, 3.05) is 6.61 Å². The van der Waals surface area contributed by atoms with Crippen LogP contribution in [0.15, 0.2) is 30.3 Å². The number of amides is 1. The third-order valence-electron chi connectivity index (χ3n) is 4.24. The molecule has 2 aliphatic carbocycles. The lowest BCUT2D eigenvalue weighted by atomic mass is 10.0. The first kappa shape index (κ1) is 18.9. The van der Waals surface area contributed by atoms with Crippen molar-refractivity contribution >= 4 is 11.9 Å². The number of carbonyl (C=O) groups is 2. The lowest BCUT2D eigenvalue weighted by Crippen LogP contribution is -2.18. The minimum Gasteiger partial charge on any atom is -0.462 e. The van der Waals surface area contributed by atoms with Gasteiger partial charge in [-0.2, -0.15) is 0 Å². The molecule has 0 aromatic rings. The fourth-order valence-electron chi connectivity index (χ4n) is 2.98. The summed E-state index contributed by atoms with van der Waals surface area (Å²) in [5.41, 5.74) is 5.16. The van der Waals surface area contributed by atoms with Crippen LogP contribution in [0.3, 0.4) is 0 Å². The predicted molar refractivity (Wildman–Crippen MR) is 96.1 cm³/mol. The highest BCUT2D eigenvalue weighted by Gasteiger charge is 2.21. The molecule has 0 saturated carbocycles. The molecule has 0 bridgehead atoms. The van der Waals surface area contributed by atoms with E-state index in [-0.39, 0.29) is 5.97 Å². The summed E-state index contributed by atoms with van der Waals surface area (Å²) in [6, 6.07) is 8.72. The number of esters is 1. The molecule has 0 aromatic carbocycles. The van der Waals surface area contributed by atoms with Gasteiger partial charge in [0, 0.05) is 5.56 Å². The smallest absolute Gasteiger partial charge is 0.338 e. The molecule has 2 rings (SSSR count). The number of rotatable bonds is 8. The number of hydroxylamine groups is 1. The van der Waals surface area contributed by atoms with Gasteiger partial charge in [-0.25, -0.2) is 10.3 Å². The summed E-state index contributed by atoms with van der Waals surface area (Å²) in [4.78, 5) is 24.1. The molecule has 0 aliphatic heterocycles. The van der Waals surface area contributed by atoms with Crippen LogP contribution in [0, 0.1) is 0 Å². The van der Waals surface area contributed by atoms with E-state index in [0.29, 0.717) is 17.7 Å². The molecule has 0 radical (unpaired) electrons. The highest BCUT2D eigenvalue weighted by atomic mass is 16.5. The van der Waals surface area contributed by atoms with Gasteiger partial charge in [0.1, 0.15) is 0 Å². The van der Waals surface area contributed by atoms with E-state index >= 15 is 0 Å². The zero-order valence-corrected chi connectivity index (χ0v) is 14.8. The van der Waals surface area contributed by atoms with E-state index in [0.717, 1.165) is 42.4 Å². The van der Waals surface area contributed by atoms with Crippen LogP contribution in [0.1, 0.15) is 65.8 Å². The Labute approximate surface area is 148 Å². The van der Waals surface area contributed by atoms with E-state index in [1.165, 1.54) is 6.42 Å². The van der Waals surface area contributed by atoms with E-state index in [2.05, 4.69) is 6.92 Å². The average Bonchev–Trinajstić information content (AvgIpc) is 2.80. The lowest BCUT2D eigenvalue weighted by Gasteiger charge is -2.04. The molecule has 2 aliphatic rings. The molecule has 134 valence electrons. The van der Waals surface area contributed by atoms with Crippen LogP contribution in [0.4, 0.5) is 0 Å². The topological polar surface area (TPSA) is 75.6 Å². The molecule has 25 heavy (non-hydrogen) atoms. The van der Waals surface area contributed by atoms with Crippen LogP contribution in [-0.4, -0.2) is 23.7 Å². The third kappa shape index (κ3) is 4.57. The van der Waals surface area contributed by atoms with Gasteiger partial charge in [0.05, 0.1) is 12.2 Å². The van der Waals surface area contributed by atoms with E-state index in [9.17, 15) is 9.59 Å². The van der Waals surface area contributed by atoms with Crippen molar-refractivity contribution in [1.82, 2.24) is 5.48 Å². The van der Waals surface area contributed by atoms with E-state index in [4.69, 9.17) is 9.94 Å². The number of carbonyl (C=O) groups excluding carboxylic acids is 2. The fourth-order valence-corrected chi connectivity index (χ4v) is 2.98. The van der Waals surface area contributed by atoms with Gasteiger partial charge in [0.15, 0.2) is 0 Å². The Balaban J connectivity index is 2.44. The molecular formula is C20H25NO4.